The van der Waals surface area contributed by atoms with Gasteiger partial charge < -0.3 is 15.4 Å². The zero-order chi connectivity index (χ0) is 23.8. The van der Waals surface area contributed by atoms with E-state index in [4.69, 9.17) is 4.74 Å². The van der Waals surface area contributed by atoms with Gasteiger partial charge in [-0.2, -0.15) is 0 Å². The molecule has 0 fully saturated rings. The number of nitrogens with zero attached hydrogens (tertiary/aromatic N) is 1. The third-order valence-corrected chi connectivity index (χ3v) is 8.03. The number of amides is 1. The SMILES string of the molecule is CCC[C@H](NC1CCc2ccccc2C1)C(=O)Nc1ncc(C(C)CCCC(C)(C)OC)s1. The topological polar surface area (TPSA) is 63.2 Å². The standard InChI is InChI=1S/C27H41N3O2S/c1-6-10-23(29-22-15-14-20-12-7-8-13-21(20)17-22)25(31)30-26-28-18-24(33-26)19(2)11-9-16-27(3,4)32-5/h7-8,12-13,18-19,22-23,29H,6,9-11,14-17H2,1-5H3,(H,28,30,31)/t19?,22?,23-/m0/s1. The minimum atomic E-state index is -0.189. The zero-order valence-corrected chi connectivity index (χ0v) is 21.8. The second-order valence-corrected chi connectivity index (χ2v) is 11.1. The minimum Gasteiger partial charge on any atom is -0.379 e. The van der Waals surface area contributed by atoms with Crippen molar-refractivity contribution >= 4 is 22.4 Å². The Balaban J connectivity index is 1.53. The molecule has 182 valence electrons. The molecule has 0 radical (unpaired) electrons. The number of aromatic nitrogens is 1. The van der Waals surface area contributed by atoms with Gasteiger partial charge >= 0.3 is 0 Å². The first-order chi connectivity index (χ1) is 15.8. The summed E-state index contributed by atoms with van der Waals surface area (Å²) in [6, 6.07) is 8.81. The van der Waals surface area contributed by atoms with E-state index in [1.54, 1.807) is 18.4 Å². The fraction of sp³-hybridized carbons (Fsp3) is 0.630. The maximum Gasteiger partial charge on any atom is 0.243 e. The van der Waals surface area contributed by atoms with Crippen LogP contribution in [-0.2, 0) is 22.4 Å². The number of hydrogen-bond acceptors (Lipinski definition) is 5. The third-order valence-electron chi connectivity index (χ3n) is 6.89. The van der Waals surface area contributed by atoms with Crippen LogP contribution in [0.1, 0.15) is 88.1 Å². The van der Waals surface area contributed by atoms with Crippen LogP contribution in [-0.4, -0.2) is 35.7 Å². The zero-order valence-electron chi connectivity index (χ0n) is 20.9. The average Bonchev–Trinajstić information content (AvgIpc) is 3.27. The van der Waals surface area contributed by atoms with Crippen LogP contribution in [0.15, 0.2) is 30.5 Å². The van der Waals surface area contributed by atoms with Crippen LogP contribution >= 0.6 is 11.3 Å². The van der Waals surface area contributed by atoms with Gasteiger partial charge in [0.25, 0.3) is 0 Å². The minimum absolute atomic E-state index is 0.0334. The lowest BCUT2D eigenvalue weighted by Crippen LogP contribution is -2.47. The van der Waals surface area contributed by atoms with Crippen LogP contribution in [0, 0.1) is 0 Å². The van der Waals surface area contributed by atoms with E-state index in [-0.39, 0.29) is 17.6 Å². The van der Waals surface area contributed by atoms with E-state index in [9.17, 15) is 4.79 Å². The van der Waals surface area contributed by atoms with Gasteiger partial charge in [0.1, 0.15) is 0 Å². The van der Waals surface area contributed by atoms with Gasteiger partial charge in [-0.25, -0.2) is 4.98 Å². The van der Waals surface area contributed by atoms with E-state index in [2.05, 4.69) is 67.6 Å². The number of methoxy groups -OCH3 is 1. The Kier molecular flexibility index (Phi) is 9.47. The molecule has 6 heteroatoms. The van der Waals surface area contributed by atoms with E-state index in [1.807, 2.05) is 6.20 Å². The maximum atomic E-state index is 13.1. The van der Waals surface area contributed by atoms with Crippen molar-refractivity contribution in [3.8, 4) is 0 Å². The molecule has 0 spiro atoms. The Morgan fingerprint density at radius 2 is 2.03 bits per heavy atom. The molecule has 1 aromatic carbocycles. The molecular weight excluding hydrogens is 430 g/mol. The fourth-order valence-corrected chi connectivity index (χ4v) is 5.45. The van der Waals surface area contributed by atoms with Gasteiger partial charge in [-0.3, -0.25) is 4.79 Å². The van der Waals surface area contributed by atoms with Gasteiger partial charge in [-0.15, -0.1) is 11.3 Å². The van der Waals surface area contributed by atoms with Crippen molar-refractivity contribution in [2.45, 2.75) is 103 Å². The van der Waals surface area contributed by atoms with Crippen molar-refractivity contribution in [3.63, 3.8) is 0 Å². The smallest absolute Gasteiger partial charge is 0.243 e. The first-order valence-corrected chi connectivity index (χ1v) is 13.3. The number of hydrogen-bond donors (Lipinski definition) is 2. The van der Waals surface area contributed by atoms with E-state index >= 15 is 0 Å². The molecule has 2 unspecified atom stereocenters. The molecule has 1 aliphatic carbocycles. The molecule has 1 amide bonds. The average molecular weight is 472 g/mol. The van der Waals surface area contributed by atoms with Crippen molar-refractivity contribution in [1.29, 1.82) is 0 Å². The Bertz CT molecular complexity index is 895. The van der Waals surface area contributed by atoms with Crippen LogP contribution < -0.4 is 10.6 Å². The lowest BCUT2D eigenvalue weighted by atomic mass is 9.88. The van der Waals surface area contributed by atoms with E-state index in [1.165, 1.54) is 16.0 Å². The largest absolute Gasteiger partial charge is 0.379 e. The maximum absolute atomic E-state index is 13.1. The summed E-state index contributed by atoms with van der Waals surface area (Å²) in [7, 11) is 1.77. The van der Waals surface area contributed by atoms with Gasteiger partial charge in [0.05, 0.1) is 11.6 Å². The van der Waals surface area contributed by atoms with Gasteiger partial charge in [-0.1, -0.05) is 44.5 Å². The summed E-state index contributed by atoms with van der Waals surface area (Å²) in [6.45, 7) is 8.63. The number of nitrogens with one attached hydrogen (secondary N) is 2. The Morgan fingerprint density at radius 3 is 2.76 bits per heavy atom. The second kappa shape index (κ2) is 12.1. The first kappa shape index (κ1) is 25.9. The molecule has 5 nitrogen and oxygen atoms in total. The Labute approximate surface area is 203 Å². The molecule has 2 N–H and O–H groups in total. The van der Waals surface area contributed by atoms with Crippen LogP contribution in [0.4, 0.5) is 5.13 Å². The highest BCUT2D eigenvalue weighted by atomic mass is 32.1. The molecule has 3 rings (SSSR count). The number of fused-ring (bicyclic) bond motifs is 1. The van der Waals surface area contributed by atoms with Crippen molar-refractivity contribution in [2.75, 3.05) is 12.4 Å². The molecule has 0 aliphatic heterocycles. The molecule has 2 aromatic rings. The van der Waals surface area contributed by atoms with Gasteiger partial charge in [0.15, 0.2) is 5.13 Å². The molecule has 1 aromatic heterocycles. The van der Waals surface area contributed by atoms with Crippen molar-refractivity contribution < 1.29 is 9.53 Å². The number of rotatable bonds is 12. The molecule has 3 atom stereocenters. The van der Waals surface area contributed by atoms with Crippen molar-refractivity contribution in [3.05, 3.63) is 46.5 Å². The van der Waals surface area contributed by atoms with Gasteiger partial charge in [0.2, 0.25) is 5.91 Å². The molecule has 33 heavy (non-hydrogen) atoms. The molecule has 1 heterocycles. The first-order valence-electron chi connectivity index (χ1n) is 12.5. The van der Waals surface area contributed by atoms with E-state index in [0.29, 0.717) is 17.1 Å². The van der Waals surface area contributed by atoms with Gasteiger partial charge in [-0.05, 0) is 75.8 Å². The number of benzene rings is 1. The van der Waals surface area contributed by atoms with Crippen LogP contribution in [0.2, 0.25) is 0 Å². The highest BCUT2D eigenvalue weighted by Crippen LogP contribution is 2.31. The normalized spacial score (nSPS) is 17.9. The predicted molar refractivity (Wildman–Crippen MR) is 138 cm³/mol. The summed E-state index contributed by atoms with van der Waals surface area (Å²) in [4.78, 5) is 18.8. The summed E-state index contributed by atoms with van der Waals surface area (Å²) in [5.41, 5.74) is 2.78. The summed E-state index contributed by atoms with van der Waals surface area (Å²) >= 11 is 1.60. The summed E-state index contributed by atoms with van der Waals surface area (Å²) in [5.74, 6) is 0.457. The predicted octanol–water partition coefficient (Wildman–Crippen LogP) is 6.10. The fourth-order valence-electron chi connectivity index (χ4n) is 4.55. The summed E-state index contributed by atoms with van der Waals surface area (Å²) in [5, 5.41) is 7.44. The van der Waals surface area contributed by atoms with Crippen LogP contribution in [0.25, 0.3) is 0 Å². The third kappa shape index (κ3) is 7.62. The lowest BCUT2D eigenvalue weighted by molar-refractivity contribution is -0.118. The second-order valence-electron chi connectivity index (χ2n) is 10.0. The Morgan fingerprint density at radius 1 is 1.27 bits per heavy atom. The van der Waals surface area contributed by atoms with Crippen molar-refractivity contribution in [1.82, 2.24) is 10.3 Å². The number of aryl methyl sites for hydroxylation is 1. The molecule has 0 bridgehead atoms. The highest BCUT2D eigenvalue weighted by Gasteiger charge is 2.25. The van der Waals surface area contributed by atoms with Gasteiger partial charge in [0, 0.05) is 24.2 Å². The molecule has 1 aliphatic rings. The monoisotopic (exact) mass is 471 g/mol. The summed E-state index contributed by atoms with van der Waals surface area (Å²) < 4.78 is 5.52. The number of carbonyl (C=O) groups is 1. The summed E-state index contributed by atoms with van der Waals surface area (Å²) in [6.07, 6.45) is 10.1. The molecular formula is C27H41N3O2S. The molecule has 0 saturated heterocycles. The van der Waals surface area contributed by atoms with Crippen LogP contribution in [0.5, 0.6) is 0 Å². The van der Waals surface area contributed by atoms with E-state index < -0.39 is 0 Å². The number of anilines is 1. The van der Waals surface area contributed by atoms with E-state index in [0.717, 1.165) is 51.4 Å². The Hall–Kier alpha value is -1.76. The lowest BCUT2D eigenvalue weighted by Gasteiger charge is -2.29. The number of ether oxygens (including phenoxy) is 1. The molecule has 0 saturated carbocycles. The van der Waals surface area contributed by atoms with Crippen molar-refractivity contribution in [2.24, 2.45) is 0 Å². The number of carbonyl (C=O) groups excluding carboxylic acids is 1. The highest BCUT2D eigenvalue weighted by molar-refractivity contribution is 7.15. The van der Waals surface area contributed by atoms with Crippen LogP contribution in [0.3, 0.4) is 0 Å². The quantitative estimate of drug-likeness (QED) is 0.393. The number of thiazole rings is 1.